The van der Waals surface area contributed by atoms with E-state index in [1.165, 1.54) is 13.1 Å². The van der Waals surface area contributed by atoms with E-state index >= 15 is 0 Å². The van der Waals surface area contributed by atoms with E-state index in [0.29, 0.717) is 5.56 Å². The fourth-order valence-corrected chi connectivity index (χ4v) is 3.08. The Balaban J connectivity index is 2.89. The zero-order valence-electron chi connectivity index (χ0n) is 7.81. The number of aryl methyl sites for hydroxylation is 1. The van der Waals surface area contributed by atoms with Crippen LogP contribution in [0.3, 0.4) is 0 Å². The summed E-state index contributed by atoms with van der Waals surface area (Å²) in [6, 6.07) is 4.90. The number of carbonyl (C=O) groups is 1. The van der Waals surface area contributed by atoms with E-state index in [4.69, 9.17) is 0 Å². The summed E-state index contributed by atoms with van der Waals surface area (Å²) < 4.78 is 24.2. The van der Waals surface area contributed by atoms with Gasteiger partial charge in [-0.3, -0.25) is 4.79 Å². The second-order valence-electron chi connectivity index (χ2n) is 3.23. The summed E-state index contributed by atoms with van der Waals surface area (Å²) in [4.78, 5) is 11.7. The van der Waals surface area contributed by atoms with Crippen LogP contribution in [0.25, 0.3) is 0 Å². The van der Waals surface area contributed by atoms with Gasteiger partial charge in [0, 0.05) is 7.05 Å². The third-order valence-corrected chi connectivity index (χ3v) is 4.29. The molecule has 0 bridgehead atoms. The zero-order valence-corrected chi connectivity index (χ0v) is 8.63. The molecule has 0 aliphatic carbocycles. The number of rotatable bonds is 0. The van der Waals surface area contributed by atoms with Gasteiger partial charge >= 0.3 is 0 Å². The predicted molar refractivity (Wildman–Crippen MR) is 50.5 cm³/mol. The molecule has 1 aliphatic rings. The van der Waals surface area contributed by atoms with Crippen LogP contribution < -0.4 is 0 Å². The molecule has 5 heteroatoms. The van der Waals surface area contributed by atoms with Crippen LogP contribution >= 0.6 is 0 Å². The number of sulfonamides is 1. The van der Waals surface area contributed by atoms with Gasteiger partial charge in [-0.25, -0.2) is 12.7 Å². The molecule has 0 saturated heterocycles. The van der Waals surface area contributed by atoms with Gasteiger partial charge in [0.05, 0.1) is 5.56 Å². The van der Waals surface area contributed by atoms with E-state index in [2.05, 4.69) is 0 Å². The molecule has 4 nitrogen and oxygen atoms in total. The van der Waals surface area contributed by atoms with E-state index in [1.54, 1.807) is 19.1 Å². The first-order chi connectivity index (χ1) is 6.46. The van der Waals surface area contributed by atoms with Gasteiger partial charge in [-0.05, 0) is 18.6 Å². The largest absolute Gasteiger partial charge is 0.268 e. The van der Waals surface area contributed by atoms with E-state index < -0.39 is 15.9 Å². The van der Waals surface area contributed by atoms with Crippen LogP contribution in [-0.2, 0) is 10.0 Å². The third-order valence-electron chi connectivity index (χ3n) is 2.35. The van der Waals surface area contributed by atoms with Crippen molar-refractivity contribution < 1.29 is 13.2 Å². The summed E-state index contributed by atoms with van der Waals surface area (Å²) in [6.45, 7) is 1.68. The van der Waals surface area contributed by atoms with Gasteiger partial charge < -0.3 is 0 Å². The quantitative estimate of drug-likeness (QED) is 0.637. The highest BCUT2D eigenvalue weighted by atomic mass is 32.2. The Labute approximate surface area is 82.2 Å². The monoisotopic (exact) mass is 211 g/mol. The minimum atomic E-state index is -3.58. The van der Waals surface area contributed by atoms with Crippen molar-refractivity contribution in [2.45, 2.75) is 11.8 Å². The van der Waals surface area contributed by atoms with E-state index in [0.717, 1.165) is 4.31 Å². The number of carbonyl (C=O) groups excluding carboxylic acids is 1. The van der Waals surface area contributed by atoms with Gasteiger partial charge in [-0.2, -0.15) is 0 Å². The number of amides is 1. The molecular formula is C9H9NO3S. The molecular weight excluding hydrogens is 202 g/mol. The Morgan fingerprint density at radius 1 is 1.29 bits per heavy atom. The van der Waals surface area contributed by atoms with Crippen LogP contribution in [0.4, 0.5) is 0 Å². The maximum atomic E-state index is 11.7. The third kappa shape index (κ3) is 0.928. The molecule has 0 N–H and O–H groups in total. The first kappa shape index (κ1) is 9.21. The minimum absolute atomic E-state index is 0.146. The lowest BCUT2D eigenvalue weighted by molar-refractivity contribution is 0.0891. The molecule has 0 fully saturated rings. The van der Waals surface area contributed by atoms with Crippen LogP contribution in [0.2, 0.25) is 0 Å². The van der Waals surface area contributed by atoms with Gasteiger partial charge in [0.25, 0.3) is 15.9 Å². The average molecular weight is 211 g/mol. The summed E-state index contributed by atoms with van der Waals surface area (Å²) in [5.41, 5.74) is 0.882. The number of benzene rings is 1. The van der Waals surface area contributed by atoms with E-state index in [-0.39, 0.29) is 10.5 Å². The van der Waals surface area contributed by atoms with Crippen molar-refractivity contribution in [3.8, 4) is 0 Å². The Bertz CT molecular complexity index is 519. The van der Waals surface area contributed by atoms with Crippen molar-refractivity contribution in [3.63, 3.8) is 0 Å². The molecule has 14 heavy (non-hydrogen) atoms. The summed E-state index contributed by atoms with van der Waals surface area (Å²) >= 11 is 0. The first-order valence-corrected chi connectivity index (χ1v) is 5.53. The molecule has 1 aliphatic heterocycles. The normalized spacial score (nSPS) is 18.4. The maximum Gasteiger partial charge on any atom is 0.268 e. The average Bonchev–Trinajstić information content (AvgIpc) is 2.29. The highest BCUT2D eigenvalue weighted by Gasteiger charge is 2.39. The first-order valence-electron chi connectivity index (χ1n) is 4.09. The van der Waals surface area contributed by atoms with E-state index in [9.17, 15) is 13.2 Å². The standard InChI is InChI=1S/C9H9NO3S/c1-6-4-3-5-7-8(6)14(12,13)10(2)9(7)11/h3-5H,1-2H3. The smallest absolute Gasteiger partial charge is 0.268 e. The fraction of sp³-hybridized carbons (Fsp3) is 0.222. The fourth-order valence-electron chi connectivity index (χ4n) is 1.58. The molecule has 74 valence electrons. The Morgan fingerprint density at radius 3 is 2.50 bits per heavy atom. The van der Waals surface area contributed by atoms with Crippen molar-refractivity contribution in [1.82, 2.24) is 4.31 Å². The van der Waals surface area contributed by atoms with Gasteiger partial charge in [0.2, 0.25) is 0 Å². The molecule has 0 radical (unpaired) electrons. The molecule has 2 rings (SSSR count). The molecule has 1 amide bonds. The number of hydrogen-bond donors (Lipinski definition) is 0. The van der Waals surface area contributed by atoms with Gasteiger partial charge in [0.15, 0.2) is 0 Å². The highest BCUT2D eigenvalue weighted by Crippen LogP contribution is 2.31. The number of hydrogen-bond acceptors (Lipinski definition) is 3. The molecule has 1 aromatic rings. The second-order valence-corrected chi connectivity index (χ2v) is 5.14. The van der Waals surface area contributed by atoms with Crippen LogP contribution in [-0.4, -0.2) is 25.7 Å². The maximum absolute atomic E-state index is 11.7. The summed E-state index contributed by atoms with van der Waals surface area (Å²) in [5.74, 6) is -0.455. The lowest BCUT2D eigenvalue weighted by Gasteiger charge is -2.06. The van der Waals surface area contributed by atoms with Crippen LogP contribution in [0.5, 0.6) is 0 Å². The number of fused-ring (bicyclic) bond motifs is 1. The topological polar surface area (TPSA) is 54.5 Å². The minimum Gasteiger partial charge on any atom is -0.268 e. The van der Waals surface area contributed by atoms with Gasteiger partial charge in [0.1, 0.15) is 4.90 Å². The lowest BCUT2D eigenvalue weighted by atomic mass is 10.1. The summed E-state index contributed by atoms with van der Waals surface area (Å²) in [6.07, 6.45) is 0. The second kappa shape index (κ2) is 2.57. The Kier molecular flexibility index (Phi) is 1.69. The van der Waals surface area contributed by atoms with Gasteiger partial charge in [-0.1, -0.05) is 12.1 Å². The molecule has 0 saturated carbocycles. The van der Waals surface area contributed by atoms with Crippen molar-refractivity contribution in [1.29, 1.82) is 0 Å². The SMILES string of the molecule is Cc1cccc2c1S(=O)(=O)N(C)C2=O. The van der Waals surface area contributed by atoms with Crippen molar-refractivity contribution >= 4 is 15.9 Å². The number of nitrogens with zero attached hydrogens (tertiary/aromatic N) is 1. The lowest BCUT2D eigenvalue weighted by Crippen LogP contribution is -2.25. The van der Waals surface area contributed by atoms with Crippen LogP contribution in [0.15, 0.2) is 23.1 Å². The van der Waals surface area contributed by atoms with Crippen molar-refractivity contribution in [3.05, 3.63) is 29.3 Å². The molecule has 0 spiro atoms. The highest BCUT2D eigenvalue weighted by molar-refractivity contribution is 7.90. The van der Waals surface area contributed by atoms with Crippen molar-refractivity contribution in [2.24, 2.45) is 0 Å². The molecule has 1 aromatic carbocycles. The molecule has 0 atom stereocenters. The summed E-state index contributed by atoms with van der Waals surface area (Å²) in [5, 5.41) is 0. The molecule has 1 heterocycles. The van der Waals surface area contributed by atoms with Gasteiger partial charge in [-0.15, -0.1) is 0 Å². The Morgan fingerprint density at radius 2 is 1.93 bits per heavy atom. The van der Waals surface area contributed by atoms with Crippen LogP contribution in [0, 0.1) is 6.92 Å². The van der Waals surface area contributed by atoms with Crippen molar-refractivity contribution in [2.75, 3.05) is 7.05 Å². The molecule has 0 unspecified atom stereocenters. The molecule has 0 aromatic heterocycles. The predicted octanol–water partition coefficient (Wildman–Crippen LogP) is 0.769. The van der Waals surface area contributed by atoms with E-state index in [1.807, 2.05) is 0 Å². The summed E-state index contributed by atoms with van der Waals surface area (Å²) in [7, 11) is -2.31. The Hall–Kier alpha value is -1.36. The zero-order chi connectivity index (χ0) is 10.5. The van der Waals surface area contributed by atoms with Crippen LogP contribution in [0.1, 0.15) is 15.9 Å².